The van der Waals surface area contributed by atoms with Crippen LogP contribution >= 0.6 is 34.9 Å². The number of carbonyl (C=O) groups excluding carboxylic acids is 1. The van der Waals surface area contributed by atoms with Gasteiger partial charge in [-0.1, -0.05) is 0 Å². The van der Waals surface area contributed by atoms with Gasteiger partial charge in [-0.15, -0.1) is 23.1 Å². The van der Waals surface area contributed by atoms with Crippen LogP contribution in [0.5, 0.6) is 0 Å². The fourth-order valence-corrected chi connectivity index (χ4v) is 5.67. The number of hydrogen-bond acceptors (Lipinski definition) is 5. The summed E-state index contributed by atoms with van der Waals surface area (Å²) in [4.78, 5) is 12.7. The Kier molecular flexibility index (Phi) is 4.41. The van der Waals surface area contributed by atoms with Gasteiger partial charge in [0.05, 0.1) is 15.6 Å². The van der Waals surface area contributed by atoms with Gasteiger partial charge in [0.15, 0.2) is 0 Å². The first-order valence-electron chi connectivity index (χ1n) is 6.62. The molecule has 2 aliphatic rings. The topological polar surface area (TPSA) is 41.1 Å². The molecule has 2 N–H and O–H groups in total. The molecule has 1 amide bonds. The smallest absolute Gasteiger partial charge is 0.234 e. The Morgan fingerprint density at radius 2 is 2.42 bits per heavy atom. The fraction of sp³-hybridized carbons (Fsp3) is 0.615. The zero-order valence-corrected chi connectivity index (χ0v) is 13.4. The summed E-state index contributed by atoms with van der Waals surface area (Å²) < 4.78 is 1.25. The molecule has 3 heterocycles. The van der Waals surface area contributed by atoms with Gasteiger partial charge in [0.1, 0.15) is 0 Å². The maximum atomic E-state index is 11.4. The monoisotopic (exact) mass is 314 g/mol. The number of fused-ring (bicyclic) bond motifs is 1. The lowest BCUT2D eigenvalue weighted by molar-refractivity contribution is -0.113. The molecular weight excluding hydrogens is 296 g/mol. The van der Waals surface area contributed by atoms with Crippen molar-refractivity contribution in [2.45, 2.75) is 36.1 Å². The van der Waals surface area contributed by atoms with Crippen LogP contribution in [0.25, 0.3) is 0 Å². The molecular formula is C13H18N2OS3. The van der Waals surface area contributed by atoms with E-state index in [2.05, 4.69) is 23.6 Å². The summed E-state index contributed by atoms with van der Waals surface area (Å²) in [5.74, 6) is 3.20. The lowest BCUT2D eigenvalue weighted by Gasteiger charge is -2.25. The molecule has 3 nitrogen and oxygen atoms in total. The van der Waals surface area contributed by atoms with Gasteiger partial charge in [0.2, 0.25) is 5.91 Å². The molecule has 6 heteroatoms. The highest BCUT2D eigenvalue weighted by molar-refractivity contribution is 8.02. The zero-order chi connectivity index (χ0) is 13.2. The van der Waals surface area contributed by atoms with Crippen molar-refractivity contribution in [1.82, 2.24) is 5.32 Å². The second kappa shape index (κ2) is 6.08. The van der Waals surface area contributed by atoms with E-state index in [1.54, 1.807) is 11.8 Å². The van der Waals surface area contributed by atoms with E-state index >= 15 is 0 Å². The van der Waals surface area contributed by atoms with Crippen molar-refractivity contribution < 1.29 is 4.79 Å². The Bertz CT molecular complexity index is 468. The Morgan fingerprint density at radius 1 is 1.53 bits per heavy atom. The summed E-state index contributed by atoms with van der Waals surface area (Å²) in [6, 6.07) is 3.14. The summed E-state index contributed by atoms with van der Waals surface area (Å²) in [5, 5.41) is 6.68. The Labute approximate surface area is 126 Å². The van der Waals surface area contributed by atoms with Gasteiger partial charge < -0.3 is 10.6 Å². The highest BCUT2D eigenvalue weighted by Crippen LogP contribution is 2.41. The predicted octanol–water partition coefficient (Wildman–Crippen LogP) is 3.34. The lowest BCUT2D eigenvalue weighted by atomic mass is 10.1. The second-order valence-corrected chi connectivity index (χ2v) is 8.47. The van der Waals surface area contributed by atoms with Gasteiger partial charge in [-0.05, 0) is 31.6 Å². The van der Waals surface area contributed by atoms with Crippen LogP contribution in [0.1, 0.15) is 30.7 Å². The van der Waals surface area contributed by atoms with Gasteiger partial charge in [-0.3, -0.25) is 4.79 Å². The van der Waals surface area contributed by atoms with Crippen LogP contribution in [0.2, 0.25) is 0 Å². The van der Waals surface area contributed by atoms with Crippen molar-refractivity contribution >= 4 is 46.5 Å². The summed E-state index contributed by atoms with van der Waals surface area (Å²) in [6.45, 7) is 2.23. The first-order chi connectivity index (χ1) is 9.22. The van der Waals surface area contributed by atoms with Crippen molar-refractivity contribution in [2.75, 3.05) is 22.6 Å². The van der Waals surface area contributed by atoms with E-state index in [0.717, 1.165) is 5.69 Å². The van der Waals surface area contributed by atoms with E-state index in [4.69, 9.17) is 0 Å². The Balaban J connectivity index is 1.66. The molecule has 104 valence electrons. The summed E-state index contributed by atoms with van der Waals surface area (Å²) in [5.41, 5.74) is 1.01. The molecule has 0 aromatic carbocycles. The molecule has 3 rings (SSSR count). The average molecular weight is 315 g/mol. The lowest BCUT2D eigenvalue weighted by Crippen LogP contribution is -2.35. The Hall–Kier alpha value is -0.170. The quantitative estimate of drug-likeness (QED) is 0.898. The molecule has 0 bridgehead atoms. The number of thiophene rings is 1. The van der Waals surface area contributed by atoms with Gasteiger partial charge in [0, 0.05) is 22.7 Å². The SMILES string of the molecule is CC(NC1CCCSC1)c1cc2c(s1)SCC(=O)N2. The highest BCUT2D eigenvalue weighted by Gasteiger charge is 2.22. The molecule has 2 aliphatic heterocycles. The first kappa shape index (κ1) is 13.8. The molecule has 0 spiro atoms. The molecule has 1 saturated heterocycles. The van der Waals surface area contributed by atoms with E-state index in [1.165, 1.54) is 33.4 Å². The number of nitrogens with one attached hydrogen (secondary N) is 2. The summed E-state index contributed by atoms with van der Waals surface area (Å²) in [6.07, 6.45) is 2.61. The van der Waals surface area contributed by atoms with E-state index < -0.39 is 0 Å². The van der Waals surface area contributed by atoms with E-state index in [1.807, 2.05) is 23.1 Å². The van der Waals surface area contributed by atoms with Crippen molar-refractivity contribution in [2.24, 2.45) is 0 Å². The molecule has 0 radical (unpaired) electrons. The number of anilines is 1. The van der Waals surface area contributed by atoms with Crippen molar-refractivity contribution in [3.8, 4) is 0 Å². The molecule has 2 unspecified atom stereocenters. The Morgan fingerprint density at radius 3 is 3.21 bits per heavy atom. The molecule has 1 aromatic heterocycles. The number of hydrogen-bond donors (Lipinski definition) is 2. The average Bonchev–Trinajstić information content (AvgIpc) is 2.83. The first-order valence-corrected chi connectivity index (χ1v) is 9.58. The number of amides is 1. The molecule has 0 saturated carbocycles. The van der Waals surface area contributed by atoms with E-state index in [9.17, 15) is 4.79 Å². The fourth-order valence-electron chi connectivity index (χ4n) is 2.43. The van der Waals surface area contributed by atoms with Gasteiger partial charge in [-0.2, -0.15) is 11.8 Å². The van der Waals surface area contributed by atoms with Crippen LogP contribution in [-0.2, 0) is 4.79 Å². The maximum absolute atomic E-state index is 11.4. The van der Waals surface area contributed by atoms with Gasteiger partial charge in [-0.25, -0.2) is 0 Å². The number of carbonyl (C=O) groups is 1. The second-order valence-electron chi connectivity index (χ2n) is 4.99. The largest absolute Gasteiger partial charge is 0.324 e. The molecule has 0 aliphatic carbocycles. The van der Waals surface area contributed by atoms with Crippen LogP contribution in [0.3, 0.4) is 0 Å². The van der Waals surface area contributed by atoms with Crippen molar-refractivity contribution in [3.63, 3.8) is 0 Å². The van der Waals surface area contributed by atoms with Crippen LogP contribution < -0.4 is 10.6 Å². The summed E-state index contributed by atoms with van der Waals surface area (Å²) in [7, 11) is 0. The van der Waals surface area contributed by atoms with E-state index in [0.29, 0.717) is 17.8 Å². The minimum atomic E-state index is 0.117. The van der Waals surface area contributed by atoms with Crippen LogP contribution in [0, 0.1) is 0 Å². The minimum Gasteiger partial charge on any atom is -0.324 e. The van der Waals surface area contributed by atoms with E-state index in [-0.39, 0.29) is 5.91 Å². The van der Waals surface area contributed by atoms with Crippen LogP contribution in [0.4, 0.5) is 5.69 Å². The molecule has 19 heavy (non-hydrogen) atoms. The minimum absolute atomic E-state index is 0.117. The molecule has 1 aromatic rings. The highest BCUT2D eigenvalue weighted by atomic mass is 32.2. The van der Waals surface area contributed by atoms with Crippen molar-refractivity contribution in [3.05, 3.63) is 10.9 Å². The van der Waals surface area contributed by atoms with Gasteiger partial charge in [0.25, 0.3) is 0 Å². The third-order valence-corrected chi connectivity index (χ3v) is 7.22. The van der Waals surface area contributed by atoms with Crippen LogP contribution in [-0.4, -0.2) is 29.2 Å². The third kappa shape index (κ3) is 3.29. The maximum Gasteiger partial charge on any atom is 0.234 e. The van der Waals surface area contributed by atoms with Crippen LogP contribution in [0.15, 0.2) is 10.3 Å². The molecule has 2 atom stereocenters. The normalized spacial score (nSPS) is 24.7. The van der Waals surface area contributed by atoms with Crippen molar-refractivity contribution in [1.29, 1.82) is 0 Å². The number of thioether (sulfide) groups is 2. The number of rotatable bonds is 3. The third-order valence-electron chi connectivity index (χ3n) is 3.40. The predicted molar refractivity (Wildman–Crippen MR) is 85.6 cm³/mol. The summed E-state index contributed by atoms with van der Waals surface area (Å²) >= 11 is 5.52. The standard InChI is InChI=1S/C13H18N2OS3/c1-8(14-9-3-2-4-17-6-9)11-5-10-13(19-11)18-7-12(16)15-10/h5,8-9,14H,2-4,6-7H2,1H3,(H,15,16). The van der Waals surface area contributed by atoms with Gasteiger partial charge >= 0.3 is 0 Å². The molecule has 1 fully saturated rings. The zero-order valence-electron chi connectivity index (χ0n) is 10.9.